The van der Waals surface area contributed by atoms with E-state index in [0.29, 0.717) is 6.54 Å². The minimum atomic E-state index is -0.293. The van der Waals surface area contributed by atoms with Gasteiger partial charge in [-0.05, 0) is 29.2 Å². The number of carbonyl (C=O) groups is 1. The Labute approximate surface area is 162 Å². The normalized spacial score (nSPS) is 11.0. The van der Waals surface area contributed by atoms with Crippen molar-refractivity contribution in [1.29, 1.82) is 5.26 Å². The van der Waals surface area contributed by atoms with Crippen LogP contribution in [0.25, 0.3) is 17.2 Å². The topological polar surface area (TPSA) is 52.9 Å². The Hall–Kier alpha value is -2.86. The maximum absolute atomic E-state index is 12.2. The highest BCUT2D eigenvalue weighted by Crippen LogP contribution is 2.20. The summed E-state index contributed by atoms with van der Waals surface area (Å²) in [7, 11) is 0. The second-order valence-electron chi connectivity index (χ2n) is 6.68. The third-order valence-electron chi connectivity index (χ3n) is 4.51. The zero-order chi connectivity index (χ0) is 19.3. The fraction of sp³-hybridized carbons (Fsp3) is 0.333. The van der Waals surface area contributed by atoms with Crippen molar-refractivity contribution < 1.29 is 4.79 Å². The van der Waals surface area contributed by atoms with Crippen molar-refractivity contribution >= 4 is 12.0 Å². The Bertz CT molecular complexity index is 770. The molecule has 2 aromatic rings. The molecule has 1 N–H and O–H groups in total. The molecule has 2 aromatic carbocycles. The lowest BCUT2D eigenvalue weighted by Gasteiger charge is -2.05. The molecule has 0 bridgehead atoms. The lowest BCUT2D eigenvalue weighted by Crippen LogP contribution is -2.25. The Kier molecular flexibility index (Phi) is 8.86. The van der Waals surface area contributed by atoms with Gasteiger partial charge in [-0.15, -0.1) is 0 Å². The van der Waals surface area contributed by atoms with Gasteiger partial charge in [0.2, 0.25) is 0 Å². The predicted octanol–water partition coefficient (Wildman–Crippen LogP) is 5.74. The van der Waals surface area contributed by atoms with Crippen molar-refractivity contribution in [1.82, 2.24) is 5.32 Å². The highest BCUT2D eigenvalue weighted by Gasteiger charge is 2.08. The molecule has 0 aliphatic carbocycles. The van der Waals surface area contributed by atoms with E-state index < -0.39 is 0 Å². The van der Waals surface area contributed by atoms with E-state index in [2.05, 4.69) is 24.4 Å². The number of carbonyl (C=O) groups excluding carboxylic acids is 1. The second kappa shape index (κ2) is 11.7. The highest BCUT2D eigenvalue weighted by molar-refractivity contribution is 6.01. The van der Waals surface area contributed by atoms with E-state index in [0.717, 1.165) is 29.5 Å². The molecular formula is C24H28N2O. The number of nitriles is 1. The fourth-order valence-corrected chi connectivity index (χ4v) is 2.92. The largest absolute Gasteiger partial charge is 0.351 e. The van der Waals surface area contributed by atoms with Crippen LogP contribution in [0.2, 0.25) is 0 Å². The Morgan fingerprint density at radius 2 is 1.56 bits per heavy atom. The van der Waals surface area contributed by atoms with Gasteiger partial charge < -0.3 is 5.32 Å². The molecule has 0 aliphatic rings. The number of unbranched alkanes of at least 4 members (excludes halogenated alkanes) is 5. The summed E-state index contributed by atoms with van der Waals surface area (Å²) in [5.74, 6) is -0.293. The first-order chi connectivity index (χ1) is 13.2. The van der Waals surface area contributed by atoms with Crippen molar-refractivity contribution in [3.8, 4) is 17.2 Å². The van der Waals surface area contributed by atoms with Crippen LogP contribution in [-0.2, 0) is 4.79 Å². The Morgan fingerprint density at radius 3 is 2.22 bits per heavy atom. The van der Waals surface area contributed by atoms with Crippen molar-refractivity contribution in [2.24, 2.45) is 0 Å². The summed E-state index contributed by atoms with van der Waals surface area (Å²) < 4.78 is 0. The van der Waals surface area contributed by atoms with Crippen LogP contribution in [0.4, 0.5) is 0 Å². The van der Waals surface area contributed by atoms with Gasteiger partial charge in [0.15, 0.2) is 0 Å². The van der Waals surface area contributed by atoms with Gasteiger partial charge in [-0.1, -0.05) is 93.6 Å². The maximum atomic E-state index is 12.2. The first-order valence-corrected chi connectivity index (χ1v) is 9.80. The Morgan fingerprint density at radius 1 is 0.926 bits per heavy atom. The summed E-state index contributed by atoms with van der Waals surface area (Å²) in [6.07, 6.45) is 8.69. The molecule has 0 atom stereocenters. The molecule has 140 valence electrons. The average molecular weight is 361 g/mol. The summed E-state index contributed by atoms with van der Waals surface area (Å²) in [4.78, 5) is 12.2. The van der Waals surface area contributed by atoms with Gasteiger partial charge in [0.1, 0.15) is 11.6 Å². The lowest BCUT2D eigenvalue weighted by atomic mass is 10.0. The molecular weight excluding hydrogens is 332 g/mol. The summed E-state index contributed by atoms with van der Waals surface area (Å²) in [5, 5.41) is 12.2. The quantitative estimate of drug-likeness (QED) is 0.334. The number of hydrogen-bond acceptors (Lipinski definition) is 2. The van der Waals surface area contributed by atoms with Gasteiger partial charge in [-0.3, -0.25) is 4.79 Å². The van der Waals surface area contributed by atoms with Crippen LogP contribution in [0.3, 0.4) is 0 Å². The molecule has 27 heavy (non-hydrogen) atoms. The summed E-state index contributed by atoms with van der Waals surface area (Å²) in [6.45, 7) is 2.82. The third-order valence-corrected chi connectivity index (χ3v) is 4.51. The van der Waals surface area contributed by atoms with Crippen molar-refractivity contribution in [2.75, 3.05) is 6.54 Å². The summed E-state index contributed by atoms with van der Waals surface area (Å²) in [5.41, 5.74) is 3.25. The van der Waals surface area contributed by atoms with Crippen molar-refractivity contribution in [3.63, 3.8) is 0 Å². The van der Waals surface area contributed by atoms with E-state index in [9.17, 15) is 10.1 Å². The van der Waals surface area contributed by atoms with Crippen LogP contribution in [0, 0.1) is 11.3 Å². The summed E-state index contributed by atoms with van der Waals surface area (Å²) >= 11 is 0. The zero-order valence-corrected chi connectivity index (χ0v) is 16.1. The number of rotatable bonds is 10. The van der Waals surface area contributed by atoms with Crippen molar-refractivity contribution in [3.05, 3.63) is 65.7 Å². The van der Waals surface area contributed by atoms with Gasteiger partial charge in [0.05, 0.1) is 0 Å². The molecule has 0 heterocycles. The van der Waals surface area contributed by atoms with Crippen LogP contribution < -0.4 is 5.32 Å². The zero-order valence-electron chi connectivity index (χ0n) is 16.1. The van der Waals surface area contributed by atoms with E-state index >= 15 is 0 Å². The lowest BCUT2D eigenvalue weighted by molar-refractivity contribution is -0.117. The van der Waals surface area contributed by atoms with Gasteiger partial charge in [-0.2, -0.15) is 5.26 Å². The maximum Gasteiger partial charge on any atom is 0.261 e. The molecule has 0 saturated carbocycles. The molecule has 3 heteroatoms. The number of amides is 1. The molecule has 0 fully saturated rings. The van der Waals surface area contributed by atoms with E-state index in [4.69, 9.17) is 0 Å². The monoisotopic (exact) mass is 360 g/mol. The first-order valence-electron chi connectivity index (χ1n) is 9.80. The van der Waals surface area contributed by atoms with Crippen LogP contribution in [-0.4, -0.2) is 12.5 Å². The molecule has 0 unspecified atom stereocenters. The molecule has 1 amide bonds. The van der Waals surface area contributed by atoms with Gasteiger partial charge >= 0.3 is 0 Å². The van der Waals surface area contributed by atoms with Gasteiger partial charge in [0.25, 0.3) is 5.91 Å². The minimum Gasteiger partial charge on any atom is -0.351 e. The highest BCUT2D eigenvalue weighted by atomic mass is 16.1. The molecule has 0 saturated heterocycles. The van der Waals surface area contributed by atoms with Crippen LogP contribution in [0.15, 0.2) is 60.2 Å². The van der Waals surface area contributed by atoms with Crippen LogP contribution >= 0.6 is 0 Å². The minimum absolute atomic E-state index is 0.147. The van der Waals surface area contributed by atoms with E-state index in [1.165, 1.54) is 25.7 Å². The molecule has 0 radical (unpaired) electrons. The van der Waals surface area contributed by atoms with Crippen LogP contribution in [0.1, 0.15) is 51.0 Å². The number of hydrogen-bond donors (Lipinski definition) is 1. The van der Waals surface area contributed by atoms with E-state index in [1.807, 2.05) is 48.5 Å². The van der Waals surface area contributed by atoms with Gasteiger partial charge in [0, 0.05) is 6.54 Å². The average Bonchev–Trinajstić information content (AvgIpc) is 2.72. The van der Waals surface area contributed by atoms with E-state index in [1.54, 1.807) is 6.08 Å². The Balaban J connectivity index is 1.87. The van der Waals surface area contributed by atoms with E-state index in [-0.39, 0.29) is 11.5 Å². The van der Waals surface area contributed by atoms with Crippen LogP contribution in [0.5, 0.6) is 0 Å². The first kappa shape index (κ1) is 20.5. The number of benzene rings is 2. The van der Waals surface area contributed by atoms with Gasteiger partial charge in [-0.25, -0.2) is 0 Å². The molecule has 0 spiro atoms. The molecule has 0 aliphatic heterocycles. The predicted molar refractivity (Wildman–Crippen MR) is 112 cm³/mol. The molecule has 2 rings (SSSR count). The molecule has 0 aromatic heterocycles. The molecule has 3 nitrogen and oxygen atoms in total. The third kappa shape index (κ3) is 7.11. The smallest absolute Gasteiger partial charge is 0.261 e. The fourth-order valence-electron chi connectivity index (χ4n) is 2.92. The number of nitrogens with zero attached hydrogens (tertiary/aromatic N) is 1. The summed E-state index contributed by atoms with van der Waals surface area (Å²) in [6, 6.07) is 20.0. The SMILES string of the molecule is CCCCCCCCNC(=O)/C(C#N)=C/c1ccc(-c2ccccc2)cc1. The number of nitrogens with one attached hydrogen (secondary N) is 1. The second-order valence-corrected chi connectivity index (χ2v) is 6.68. The standard InChI is InChI=1S/C24H28N2O/c1-2-3-4-5-6-10-17-26-24(27)23(19-25)18-20-13-15-22(16-14-20)21-11-8-7-9-12-21/h7-9,11-16,18H,2-6,10,17H2,1H3,(H,26,27)/b23-18+. The van der Waals surface area contributed by atoms with Crippen molar-refractivity contribution in [2.45, 2.75) is 45.4 Å².